The van der Waals surface area contributed by atoms with Crippen molar-refractivity contribution in [1.29, 1.82) is 0 Å². The Labute approximate surface area is 111 Å². The highest BCUT2D eigenvalue weighted by Crippen LogP contribution is 2.31. The molecule has 0 saturated heterocycles. The number of nitrogens with zero attached hydrogens (tertiary/aromatic N) is 4. The molecule has 1 aliphatic carbocycles. The summed E-state index contributed by atoms with van der Waals surface area (Å²) in [5.41, 5.74) is 6.46. The fraction of sp³-hybridized carbons (Fsp3) is 0.400. The molecule has 0 amide bonds. The Hall–Kier alpha value is -1.25. The number of aromatic nitrogens is 4. The van der Waals surface area contributed by atoms with Crippen LogP contribution in [-0.4, -0.2) is 25.5 Å². The van der Waals surface area contributed by atoms with Crippen molar-refractivity contribution in [3.8, 4) is 0 Å². The molecule has 7 heteroatoms. The Morgan fingerprint density at radius 2 is 2.29 bits per heavy atom. The third-order valence-corrected chi connectivity index (χ3v) is 3.80. The molecule has 2 aromatic heterocycles. The summed E-state index contributed by atoms with van der Waals surface area (Å²) in [4.78, 5) is 19.9. The monoisotopic (exact) mass is 343 g/mol. The summed E-state index contributed by atoms with van der Waals surface area (Å²) in [7, 11) is 0. The first kappa shape index (κ1) is 10.9. The van der Waals surface area contributed by atoms with Crippen LogP contribution in [-0.2, 0) is 4.79 Å². The highest BCUT2D eigenvalue weighted by atomic mass is 127. The second-order valence-corrected chi connectivity index (χ2v) is 5.09. The molecule has 1 atom stereocenters. The second kappa shape index (κ2) is 3.90. The van der Waals surface area contributed by atoms with Crippen LogP contribution in [0.25, 0.3) is 11.0 Å². The van der Waals surface area contributed by atoms with E-state index in [9.17, 15) is 4.79 Å². The molecule has 1 aliphatic rings. The van der Waals surface area contributed by atoms with Gasteiger partial charge < -0.3 is 5.73 Å². The van der Waals surface area contributed by atoms with E-state index in [4.69, 9.17) is 5.73 Å². The zero-order chi connectivity index (χ0) is 12.0. The van der Waals surface area contributed by atoms with Crippen molar-refractivity contribution in [1.82, 2.24) is 19.7 Å². The fourth-order valence-electron chi connectivity index (χ4n) is 2.23. The molecular formula is C10H10IN5O. The molecule has 17 heavy (non-hydrogen) atoms. The van der Waals surface area contributed by atoms with Crippen LogP contribution < -0.4 is 5.73 Å². The Balaban J connectivity index is 2.24. The van der Waals surface area contributed by atoms with Crippen LogP contribution in [0.2, 0.25) is 0 Å². The van der Waals surface area contributed by atoms with Gasteiger partial charge in [-0.25, -0.2) is 14.6 Å². The summed E-state index contributed by atoms with van der Waals surface area (Å²) in [6.07, 6.45) is 3.78. The molecule has 6 nitrogen and oxygen atoms in total. The molecule has 1 saturated carbocycles. The molecule has 88 valence electrons. The van der Waals surface area contributed by atoms with E-state index in [0.717, 1.165) is 21.9 Å². The van der Waals surface area contributed by atoms with Crippen molar-refractivity contribution in [3.05, 3.63) is 10.0 Å². The van der Waals surface area contributed by atoms with Gasteiger partial charge in [0, 0.05) is 6.42 Å². The van der Waals surface area contributed by atoms with Gasteiger partial charge in [0.1, 0.15) is 21.9 Å². The normalized spacial score (nSPS) is 20.3. The van der Waals surface area contributed by atoms with Crippen molar-refractivity contribution in [2.24, 2.45) is 0 Å². The van der Waals surface area contributed by atoms with Gasteiger partial charge in [0.05, 0.1) is 5.39 Å². The Morgan fingerprint density at radius 1 is 1.47 bits per heavy atom. The smallest absolute Gasteiger partial charge is 0.165 e. The molecular weight excluding hydrogens is 333 g/mol. The van der Waals surface area contributed by atoms with E-state index in [0.29, 0.717) is 17.9 Å². The van der Waals surface area contributed by atoms with Crippen LogP contribution >= 0.6 is 22.6 Å². The number of rotatable bonds is 1. The summed E-state index contributed by atoms with van der Waals surface area (Å²) in [5.74, 6) is 0.638. The molecule has 2 heterocycles. The van der Waals surface area contributed by atoms with Gasteiger partial charge in [-0.05, 0) is 35.4 Å². The SMILES string of the molecule is Nc1ncnc2c1c(I)nn2C1CCCC1=O. The van der Waals surface area contributed by atoms with Gasteiger partial charge in [-0.1, -0.05) is 0 Å². The summed E-state index contributed by atoms with van der Waals surface area (Å²) in [5, 5.41) is 5.13. The van der Waals surface area contributed by atoms with Gasteiger partial charge in [0.25, 0.3) is 0 Å². The van der Waals surface area contributed by atoms with Gasteiger partial charge in [-0.15, -0.1) is 0 Å². The number of hydrogen-bond acceptors (Lipinski definition) is 5. The van der Waals surface area contributed by atoms with Crippen molar-refractivity contribution in [2.45, 2.75) is 25.3 Å². The molecule has 0 radical (unpaired) electrons. The molecule has 1 unspecified atom stereocenters. The maximum absolute atomic E-state index is 11.8. The third kappa shape index (κ3) is 1.60. The van der Waals surface area contributed by atoms with Crippen LogP contribution in [0, 0.1) is 3.70 Å². The molecule has 2 aromatic rings. The number of carbonyl (C=O) groups is 1. The summed E-state index contributed by atoms with van der Waals surface area (Å²) < 4.78 is 2.44. The average Bonchev–Trinajstić information content (AvgIpc) is 2.84. The standard InChI is InChI=1S/C10H10IN5O/c11-8-7-9(12)13-4-14-10(7)16(15-8)5-2-1-3-6(5)17/h4-5H,1-3H2,(H2,12,13,14). The van der Waals surface area contributed by atoms with Gasteiger partial charge in [-0.2, -0.15) is 5.10 Å². The summed E-state index contributed by atoms with van der Waals surface area (Å²) in [6, 6.07) is -0.185. The minimum absolute atomic E-state index is 0.185. The minimum atomic E-state index is -0.185. The molecule has 1 fully saturated rings. The lowest BCUT2D eigenvalue weighted by Crippen LogP contribution is -2.15. The molecule has 0 aliphatic heterocycles. The number of ketones is 1. The first-order chi connectivity index (χ1) is 8.18. The van der Waals surface area contributed by atoms with Crippen LogP contribution in [0.4, 0.5) is 5.82 Å². The first-order valence-electron chi connectivity index (χ1n) is 5.35. The minimum Gasteiger partial charge on any atom is -0.383 e. The molecule has 0 aromatic carbocycles. The molecule has 2 N–H and O–H groups in total. The van der Waals surface area contributed by atoms with Crippen molar-refractivity contribution >= 4 is 45.2 Å². The number of halogens is 1. The lowest BCUT2D eigenvalue weighted by molar-refractivity contribution is -0.120. The van der Waals surface area contributed by atoms with E-state index >= 15 is 0 Å². The van der Waals surface area contributed by atoms with E-state index in [-0.39, 0.29) is 11.8 Å². The number of anilines is 1. The predicted molar refractivity (Wildman–Crippen MR) is 70.3 cm³/mol. The zero-order valence-electron chi connectivity index (χ0n) is 8.93. The third-order valence-electron chi connectivity index (χ3n) is 3.04. The van der Waals surface area contributed by atoms with E-state index in [1.807, 2.05) is 0 Å². The average molecular weight is 343 g/mol. The zero-order valence-corrected chi connectivity index (χ0v) is 11.1. The quantitative estimate of drug-likeness (QED) is 0.789. The number of nitrogens with two attached hydrogens (primary N) is 1. The van der Waals surface area contributed by atoms with Gasteiger partial charge >= 0.3 is 0 Å². The van der Waals surface area contributed by atoms with E-state index in [2.05, 4.69) is 37.7 Å². The number of fused-ring (bicyclic) bond motifs is 1. The number of carbonyl (C=O) groups excluding carboxylic acids is 1. The Morgan fingerprint density at radius 3 is 3.00 bits per heavy atom. The van der Waals surface area contributed by atoms with Crippen LogP contribution in [0.3, 0.4) is 0 Å². The lowest BCUT2D eigenvalue weighted by Gasteiger charge is -2.08. The number of hydrogen-bond donors (Lipinski definition) is 1. The van der Waals surface area contributed by atoms with Crippen LogP contribution in [0.1, 0.15) is 25.3 Å². The summed E-state index contributed by atoms with van der Waals surface area (Å²) in [6.45, 7) is 0. The van der Waals surface area contributed by atoms with Crippen molar-refractivity contribution in [3.63, 3.8) is 0 Å². The highest BCUT2D eigenvalue weighted by Gasteiger charge is 2.29. The highest BCUT2D eigenvalue weighted by molar-refractivity contribution is 14.1. The van der Waals surface area contributed by atoms with Gasteiger partial charge in [0.15, 0.2) is 11.4 Å². The Kier molecular flexibility index (Phi) is 2.49. The van der Waals surface area contributed by atoms with E-state index in [1.165, 1.54) is 6.33 Å². The van der Waals surface area contributed by atoms with Crippen molar-refractivity contribution in [2.75, 3.05) is 5.73 Å². The van der Waals surface area contributed by atoms with Gasteiger partial charge in [0.2, 0.25) is 0 Å². The molecule has 0 bridgehead atoms. The molecule has 0 spiro atoms. The maximum atomic E-state index is 11.8. The topological polar surface area (TPSA) is 86.7 Å². The summed E-state index contributed by atoms with van der Waals surface area (Å²) >= 11 is 2.09. The lowest BCUT2D eigenvalue weighted by atomic mass is 10.2. The van der Waals surface area contributed by atoms with E-state index in [1.54, 1.807) is 4.68 Å². The maximum Gasteiger partial charge on any atom is 0.165 e. The first-order valence-corrected chi connectivity index (χ1v) is 6.43. The second-order valence-electron chi connectivity index (χ2n) is 4.07. The Bertz CT molecular complexity index is 608. The molecule has 3 rings (SSSR count). The van der Waals surface area contributed by atoms with Crippen molar-refractivity contribution < 1.29 is 4.79 Å². The predicted octanol–water partition coefficient (Wildman–Crippen LogP) is 1.31. The largest absolute Gasteiger partial charge is 0.383 e. The number of nitrogen functional groups attached to an aromatic ring is 1. The fourth-order valence-corrected chi connectivity index (χ4v) is 2.98. The van der Waals surface area contributed by atoms with E-state index < -0.39 is 0 Å². The number of Topliss-reactive ketones (excluding diaryl/α,β-unsaturated/α-hetero) is 1. The van der Waals surface area contributed by atoms with Crippen LogP contribution in [0.5, 0.6) is 0 Å². The van der Waals surface area contributed by atoms with Crippen LogP contribution in [0.15, 0.2) is 6.33 Å². The van der Waals surface area contributed by atoms with Gasteiger partial charge in [-0.3, -0.25) is 4.79 Å².